The first-order valence-electron chi connectivity index (χ1n) is 3.54. The lowest BCUT2D eigenvalue weighted by atomic mass is 10.3. The summed E-state index contributed by atoms with van der Waals surface area (Å²) in [5.74, 6) is 0.748. The number of nitrogen functional groups attached to an aromatic ring is 1. The van der Waals surface area contributed by atoms with Crippen molar-refractivity contribution in [2.75, 3.05) is 12.8 Å². The predicted octanol–water partition coefficient (Wildman–Crippen LogP) is 0.735. The monoisotopic (exact) mass is 182 g/mol. The molecule has 1 rings (SSSR count). The lowest BCUT2D eigenvalue weighted by molar-refractivity contribution is 0.211. The zero-order chi connectivity index (χ0) is 9.84. The van der Waals surface area contributed by atoms with Crippen LogP contribution in [0.1, 0.15) is 0 Å². The summed E-state index contributed by atoms with van der Waals surface area (Å²) >= 11 is 0. The van der Waals surface area contributed by atoms with Gasteiger partial charge in [0.05, 0.1) is 12.8 Å². The van der Waals surface area contributed by atoms with E-state index in [1.807, 2.05) is 0 Å². The van der Waals surface area contributed by atoms with Crippen LogP contribution in [0.5, 0.6) is 11.5 Å². The Balaban J connectivity index is 2.96. The zero-order valence-electron chi connectivity index (χ0n) is 7.11. The first kappa shape index (κ1) is 9.18. The molecule has 0 saturated heterocycles. The number of nitrogens with two attached hydrogens (primary N) is 2. The molecule has 0 radical (unpaired) electrons. The molecule has 0 aliphatic carbocycles. The Kier molecular flexibility index (Phi) is 2.59. The highest BCUT2D eigenvalue weighted by Crippen LogP contribution is 2.26. The highest BCUT2D eigenvalue weighted by molar-refractivity contribution is 5.71. The van der Waals surface area contributed by atoms with E-state index in [9.17, 15) is 4.79 Å². The number of rotatable bonds is 2. The molecule has 5 nitrogen and oxygen atoms in total. The summed E-state index contributed by atoms with van der Waals surface area (Å²) in [7, 11) is 1.50. The van der Waals surface area contributed by atoms with Gasteiger partial charge in [-0.3, -0.25) is 0 Å². The highest BCUT2D eigenvalue weighted by atomic mass is 16.5. The first-order valence-corrected chi connectivity index (χ1v) is 3.54. The SMILES string of the molecule is COc1ccc(N)c(OC(N)=O)c1. The van der Waals surface area contributed by atoms with Gasteiger partial charge in [0.15, 0.2) is 5.75 Å². The minimum absolute atomic E-state index is 0.201. The van der Waals surface area contributed by atoms with Crippen LogP contribution >= 0.6 is 0 Å². The van der Waals surface area contributed by atoms with Gasteiger partial charge >= 0.3 is 6.09 Å². The van der Waals surface area contributed by atoms with Gasteiger partial charge in [0.2, 0.25) is 0 Å². The van der Waals surface area contributed by atoms with Crippen LogP contribution in [0, 0.1) is 0 Å². The zero-order valence-corrected chi connectivity index (χ0v) is 7.11. The molecule has 0 unspecified atom stereocenters. The van der Waals surface area contributed by atoms with Gasteiger partial charge in [0, 0.05) is 6.07 Å². The fourth-order valence-corrected chi connectivity index (χ4v) is 0.838. The Bertz CT molecular complexity index is 325. The highest BCUT2D eigenvalue weighted by Gasteiger charge is 2.05. The maximum atomic E-state index is 10.4. The Morgan fingerprint density at radius 2 is 2.15 bits per heavy atom. The van der Waals surface area contributed by atoms with Crippen molar-refractivity contribution in [1.29, 1.82) is 0 Å². The molecule has 0 aliphatic rings. The van der Waals surface area contributed by atoms with Crippen molar-refractivity contribution in [2.24, 2.45) is 5.73 Å². The molecule has 1 aromatic carbocycles. The van der Waals surface area contributed by atoms with Gasteiger partial charge in [-0.2, -0.15) is 0 Å². The number of benzene rings is 1. The summed E-state index contributed by atoms with van der Waals surface area (Å²) in [6, 6.07) is 4.71. The molecule has 0 fully saturated rings. The van der Waals surface area contributed by atoms with Crippen LogP contribution in [0.25, 0.3) is 0 Å². The van der Waals surface area contributed by atoms with Gasteiger partial charge in [-0.1, -0.05) is 0 Å². The second kappa shape index (κ2) is 3.66. The van der Waals surface area contributed by atoms with Crippen molar-refractivity contribution in [2.45, 2.75) is 0 Å². The number of methoxy groups -OCH3 is 1. The largest absolute Gasteiger partial charge is 0.497 e. The van der Waals surface area contributed by atoms with Crippen LogP contribution in [0.2, 0.25) is 0 Å². The number of anilines is 1. The van der Waals surface area contributed by atoms with Crippen LogP contribution in [0.15, 0.2) is 18.2 Å². The topological polar surface area (TPSA) is 87.6 Å². The second-order valence-corrected chi connectivity index (χ2v) is 2.32. The molecular formula is C8H10N2O3. The maximum Gasteiger partial charge on any atom is 0.410 e. The second-order valence-electron chi connectivity index (χ2n) is 2.32. The smallest absolute Gasteiger partial charge is 0.410 e. The Hall–Kier alpha value is -1.91. The molecule has 0 atom stereocenters. The van der Waals surface area contributed by atoms with E-state index < -0.39 is 6.09 Å². The number of carbonyl (C=O) groups excluding carboxylic acids is 1. The van der Waals surface area contributed by atoms with Crippen molar-refractivity contribution in [3.05, 3.63) is 18.2 Å². The van der Waals surface area contributed by atoms with E-state index in [-0.39, 0.29) is 5.75 Å². The minimum atomic E-state index is -0.903. The fourth-order valence-electron chi connectivity index (χ4n) is 0.838. The summed E-state index contributed by atoms with van der Waals surface area (Å²) in [6.45, 7) is 0. The lowest BCUT2D eigenvalue weighted by Crippen LogP contribution is -2.17. The Labute approximate surface area is 75.2 Å². The maximum absolute atomic E-state index is 10.4. The normalized spacial score (nSPS) is 9.31. The summed E-state index contributed by atoms with van der Waals surface area (Å²) < 4.78 is 9.53. The van der Waals surface area contributed by atoms with E-state index in [0.717, 1.165) is 0 Å². The minimum Gasteiger partial charge on any atom is -0.497 e. The summed E-state index contributed by atoms with van der Waals surface area (Å²) in [5, 5.41) is 0. The van der Waals surface area contributed by atoms with Crippen LogP contribution < -0.4 is 20.9 Å². The molecule has 1 amide bonds. The van der Waals surface area contributed by atoms with Crippen molar-refractivity contribution >= 4 is 11.8 Å². The van der Waals surface area contributed by atoms with Gasteiger partial charge in [0.25, 0.3) is 0 Å². The van der Waals surface area contributed by atoms with Crippen molar-refractivity contribution in [1.82, 2.24) is 0 Å². The average molecular weight is 182 g/mol. The number of amides is 1. The van der Waals surface area contributed by atoms with Gasteiger partial charge in [-0.15, -0.1) is 0 Å². The predicted molar refractivity (Wildman–Crippen MR) is 47.6 cm³/mol. The number of primary amides is 1. The summed E-state index contributed by atoms with van der Waals surface area (Å²) in [5.41, 5.74) is 10.7. The van der Waals surface area contributed by atoms with E-state index in [1.165, 1.54) is 13.2 Å². The molecule has 1 aromatic rings. The number of hydrogen-bond acceptors (Lipinski definition) is 4. The molecule has 0 heterocycles. The van der Waals surface area contributed by atoms with E-state index in [4.69, 9.17) is 16.2 Å². The van der Waals surface area contributed by atoms with Crippen molar-refractivity contribution < 1.29 is 14.3 Å². The average Bonchev–Trinajstić information content (AvgIpc) is 2.08. The number of carbonyl (C=O) groups is 1. The van der Waals surface area contributed by atoms with Crippen LogP contribution in [-0.2, 0) is 0 Å². The molecule has 0 bridgehead atoms. The third-order valence-corrected chi connectivity index (χ3v) is 1.43. The molecule has 0 aliphatic heterocycles. The molecule has 5 heteroatoms. The van der Waals surface area contributed by atoms with Crippen molar-refractivity contribution in [3.8, 4) is 11.5 Å². The molecule has 0 spiro atoms. The van der Waals surface area contributed by atoms with Gasteiger partial charge in [-0.05, 0) is 12.1 Å². The Morgan fingerprint density at radius 3 is 2.69 bits per heavy atom. The first-order chi connectivity index (χ1) is 6.13. The third kappa shape index (κ3) is 2.26. The fraction of sp³-hybridized carbons (Fsp3) is 0.125. The van der Waals surface area contributed by atoms with Crippen molar-refractivity contribution in [3.63, 3.8) is 0 Å². The van der Waals surface area contributed by atoms with Gasteiger partial charge < -0.3 is 20.9 Å². The van der Waals surface area contributed by atoms with E-state index in [1.54, 1.807) is 12.1 Å². The van der Waals surface area contributed by atoms with E-state index >= 15 is 0 Å². The molecular weight excluding hydrogens is 172 g/mol. The Morgan fingerprint density at radius 1 is 1.46 bits per heavy atom. The number of hydrogen-bond donors (Lipinski definition) is 2. The van der Waals surface area contributed by atoms with E-state index in [0.29, 0.717) is 11.4 Å². The lowest BCUT2D eigenvalue weighted by Gasteiger charge is -2.06. The van der Waals surface area contributed by atoms with Crippen LogP contribution in [0.4, 0.5) is 10.5 Å². The molecule has 70 valence electrons. The molecule has 0 aromatic heterocycles. The van der Waals surface area contributed by atoms with Crippen LogP contribution in [-0.4, -0.2) is 13.2 Å². The standard InChI is InChI=1S/C8H10N2O3/c1-12-5-2-3-6(9)7(4-5)13-8(10)11/h2-4H,9H2,1H3,(H2,10,11). The van der Waals surface area contributed by atoms with Crippen LogP contribution in [0.3, 0.4) is 0 Å². The van der Waals surface area contributed by atoms with Gasteiger partial charge in [0.1, 0.15) is 5.75 Å². The van der Waals surface area contributed by atoms with E-state index in [2.05, 4.69) is 4.74 Å². The molecule has 13 heavy (non-hydrogen) atoms. The molecule has 0 saturated carbocycles. The summed E-state index contributed by atoms with van der Waals surface area (Å²) in [6.07, 6.45) is -0.903. The number of ether oxygens (including phenoxy) is 2. The van der Waals surface area contributed by atoms with Gasteiger partial charge in [-0.25, -0.2) is 4.79 Å². The summed E-state index contributed by atoms with van der Waals surface area (Å²) in [4.78, 5) is 10.4. The third-order valence-electron chi connectivity index (χ3n) is 1.43. The molecule has 4 N–H and O–H groups in total. The quantitative estimate of drug-likeness (QED) is 0.660.